The van der Waals surface area contributed by atoms with Crippen LogP contribution in [0.25, 0.3) is 11.0 Å². The van der Waals surface area contributed by atoms with Gasteiger partial charge >= 0.3 is 5.97 Å². The van der Waals surface area contributed by atoms with Gasteiger partial charge in [-0.05, 0) is 6.04 Å². The van der Waals surface area contributed by atoms with E-state index in [0.29, 0.717) is 24.4 Å². The lowest BCUT2D eigenvalue weighted by Gasteiger charge is -2.15. The van der Waals surface area contributed by atoms with Gasteiger partial charge in [0.2, 0.25) is 0 Å². The van der Waals surface area contributed by atoms with E-state index in [0.717, 1.165) is 6.04 Å². The molecule has 0 spiro atoms. The Kier molecular flexibility index (Phi) is 4.19. The Morgan fingerprint density at radius 3 is 2.85 bits per heavy atom. The van der Waals surface area contributed by atoms with Crippen molar-refractivity contribution in [3.8, 4) is 0 Å². The lowest BCUT2D eigenvalue weighted by atomic mass is 10.2. The Morgan fingerprint density at radius 2 is 2.20 bits per heavy atom. The SMILES string of the molecule is C[Si](C)(C)CCOCn1cc(C(=O)O)c2cncnc21. The highest BCUT2D eigenvalue weighted by atomic mass is 28.3. The minimum Gasteiger partial charge on any atom is -0.478 e. The van der Waals surface area contributed by atoms with Crippen LogP contribution in [0, 0.1) is 0 Å². The van der Waals surface area contributed by atoms with Gasteiger partial charge in [-0.15, -0.1) is 0 Å². The van der Waals surface area contributed by atoms with Crippen molar-refractivity contribution in [1.82, 2.24) is 14.5 Å². The highest BCUT2D eigenvalue weighted by Crippen LogP contribution is 2.18. The molecule has 0 fully saturated rings. The first-order valence-corrected chi connectivity index (χ1v) is 10.2. The van der Waals surface area contributed by atoms with Crippen LogP contribution in [-0.4, -0.2) is 40.3 Å². The summed E-state index contributed by atoms with van der Waals surface area (Å²) in [7, 11) is -1.12. The standard InChI is InChI=1S/C13H19N3O3Si/c1-20(2,3)5-4-19-9-16-7-11(13(17)18)10-6-14-8-15-12(10)16/h6-8H,4-5,9H2,1-3H3,(H,17,18). The van der Waals surface area contributed by atoms with Crippen molar-refractivity contribution >= 4 is 25.1 Å². The third kappa shape index (κ3) is 3.43. The number of hydrogen-bond acceptors (Lipinski definition) is 4. The molecule has 0 aromatic carbocycles. The second-order valence-electron chi connectivity index (χ2n) is 5.93. The fourth-order valence-electron chi connectivity index (χ4n) is 1.84. The van der Waals surface area contributed by atoms with E-state index in [4.69, 9.17) is 4.74 Å². The van der Waals surface area contributed by atoms with E-state index in [-0.39, 0.29) is 5.56 Å². The summed E-state index contributed by atoms with van der Waals surface area (Å²) in [5.41, 5.74) is 0.791. The number of carboxylic acids is 1. The van der Waals surface area contributed by atoms with Crippen molar-refractivity contribution in [3.05, 3.63) is 24.3 Å². The van der Waals surface area contributed by atoms with Gasteiger partial charge < -0.3 is 14.4 Å². The summed E-state index contributed by atoms with van der Waals surface area (Å²) in [5.74, 6) is -0.981. The number of ether oxygens (including phenoxy) is 1. The fraction of sp³-hybridized carbons (Fsp3) is 0.462. The number of rotatable bonds is 6. The first-order valence-electron chi connectivity index (χ1n) is 6.48. The van der Waals surface area contributed by atoms with Crippen molar-refractivity contribution in [1.29, 1.82) is 0 Å². The average molecular weight is 293 g/mol. The van der Waals surface area contributed by atoms with Crippen molar-refractivity contribution in [3.63, 3.8) is 0 Å². The van der Waals surface area contributed by atoms with Gasteiger partial charge in [0.05, 0.1) is 10.9 Å². The third-order valence-electron chi connectivity index (χ3n) is 3.00. The highest BCUT2D eigenvalue weighted by Gasteiger charge is 2.16. The third-order valence-corrected chi connectivity index (χ3v) is 4.70. The van der Waals surface area contributed by atoms with Crippen LogP contribution in [0.3, 0.4) is 0 Å². The maximum atomic E-state index is 11.2. The van der Waals surface area contributed by atoms with Crippen molar-refractivity contribution in [2.24, 2.45) is 0 Å². The molecule has 1 N–H and O–H groups in total. The minimum atomic E-state index is -1.12. The normalized spacial score (nSPS) is 11.9. The fourth-order valence-corrected chi connectivity index (χ4v) is 2.60. The molecule has 0 aliphatic carbocycles. The van der Waals surface area contributed by atoms with E-state index in [1.54, 1.807) is 10.8 Å². The molecular weight excluding hydrogens is 274 g/mol. The Labute approximate surface area is 118 Å². The molecule has 0 amide bonds. The molecule has 2 heterocycles. The maximum Gasteiger partial charge on any atom is 0.337 e. The van der Waals surface area contributed by atoms with E-state index in [9.17, 15) is 9.90 Å². The number of carboxylic acid groups (broad SMARTS) is 1. The molecule has 6 nitrogen and oxygen atoms in total. The second-order valence-corrected chi connectivity index (χ2v) is 11.5. The Balaban J connectivity index is 2.12. The number of hydrogen-bond donors (Lipinski definition) is 1. The summed E-state index contributed by atoms with van der Waals surface area (Å²) in [4.78, 5) is 19.2. The molecule has 0 bridgehead atoms. The summed E-state index contributed by atoms with van der Waals surface area (Å²) < 4.78 is 7.35. The van der Waals surface area contributed by atoms with Crippen LogP contribution in [-0.2, 0) is 11.5 Å². The van der Waals surface area contributed by atoms with Crippen LogP contribution < -0.4 is 0 Å². The topological polar surface area (TPSA) is 77.2 Å². The van der Waals surface area contributed by atoms with Crippen LogP contribution >= 0.6 is 0 Å². The van der Waals surface area contributed by atoms with Gasteiger partial charge in [-0.1, -0.05) is 19.6 Å². The molecule has 0 saturated carbocycles. The number of aromatic carboxylic acids is 1. The van der Waals surface area contributed by atoms with E-state index in [1.165, 1.54) is 12.5 Å². The maximum absolute atomic E-state index is 11.2. The summed E-state index contributed by atoms with van der Waals surface area (Å²) in [5, 5.41) is 9.71. The number of carbonyl (C=O) groups is 1. The predicted octanol–water partition coefficient (Wildman–Crippen LogP) is 2.44. The largest absolute Gasteiger partial charge is 0.478 e. The predicted molar refractivity (Wildman–Crippen MR) is 78.6 cm³/mol. The lowest BCUT2D eigenvalue weighted by molar-refractivity contribution is 0.0696. The summed E-state index contributed by atoms with van der Waals surface area (Å²) >= 11 is 0. The van der Waals surface area contributed by atoms with Gasteiger partial charge in [0.1, 0.15) is 18.7 Å². The van der Waals surface area contributed by atoms with Crippen molar-refractivity contribution in [2.45, 2.75) is 32.4 Å². The summed E-state index contributed by atoms with van der Waals surface area (Å²) in [6.07, 6.45) is 4.48. The molecule has 108 valence electrons. The molecule has 0 saturated heterocycles. The van der Waals surface area contributed by atoms with Crippen LogP contribution in [0.4, 0.5) is 0 Å². The molecule has 0 unspecified atom stereocenters. The van der Waals surface area contributed by atoms with Crippen LogP contribution in [0.5, 0.6) is 0 Å². The zero-order valence-electron chi connectivity index (χ0n) is 12.0. The molecule has 20 heavy (non-hydrogen) atoms. The minimum absolute atomic E-state index is 0.203. The lowest BCUT2D eigenvalue weighted by Crippen LogP contribution is -2.22. The van der Waals surface area contributed by atoms with Crippen LogP contribution in [0.2, 0.25) is 25.7 Å². The van der Waals surface area contributed by atoms with Gasteiger partial charge in [0.25, 0.3) is 0 Å². The monoisotopic (exact) mass is 293 g/mol. The number of nitrogens with zero attached hydrogens (tertiary/aromatic N) is 3. The van der Waals surface area contributed by atoms with E-state index in [1.807, 2.05) is 0 Å². The van der Waals surface area contributed by atoms with Gasteiger partial charge in [0, 0.05) is 27.1 Å². The first-order chi connectivity index (χ1) is 9.38. The molecule has 2 aromatic rings. The van der Waals surface area contributed by atoms with Gasteiger partial charge in [-0.2, -0.15) is 0 Å². The van der Waals surface area contributed by atoms with Crippen LogP contribution in [0.1, 0.15) is 10.4 Å². The van der Waals surface area contributed by atoms with E-state index < -0.39 is 14.0 Å². The molecule has 2 aromatic heterocycles. The first kappa shape index (κ1) is 14.7. The Hall–Kier alpha value is -1.73. The van der Waals surface area contributed by atoms with Gasteiger partial charge in [-0.3, -0.25) is 0 Å². The molecule has 0 aliphatic rings. The number of aromatic nitrogens is 3. The van der Waals surface area contributed by atoms with E-state index in [2.05, 4.69) is 29.6 Å². The number of fused-ring (bicyclic) bond motifs is 1. The van der Waals surface area contributed by atoms with Crippen LogP contribution in [0.15, 0.2) is 18.7 Å². The second kappa shape index (κ2) is 5.72. The van der Waals surface area contributed by atoms with Gasteiger partial charge in [0.15, 0.2) is 0 Å². The smallest absolute Gasteiger partial charge is 0.337 e. The summed E-state index contributed by atoms with van der Waals surface area (Å²) in [6, 6.07) is 1.08. The highest BCUT2D eigenvalue weighted by molar-refractivity contribution is 6.76. The molecule has 0 aliphatic heterocycles. The Morgan fingerprint density at radius 1 is 1.45 bits per heavy atom. The molecule has 0 atom stereocenters. The quantitative estimate of drug-likeness (QED) is 0.654. The summed E-state index contributed by atoms with van der Waals surface area (Å²) in [6.45, 7) is 7.86. The zero-order valence-corrected chi connectivity index (χ0v) is 13.0. The molecule has 7 heteroatoms. The molecule has 2 rings (SSSR count). The van der Waals surface area contributed by atoms with Gasteiger partial charge in [-0.25, -0.2) is 14.8 Å². The zero-order chi connectivity index (χ0) is 14.8. The van der Waals surface area contributed by atoms with Crippen molar-refractivity contribution in [2.75, 3.05) is 6.61 Å². The molecule has 0 radical (unpaired) electrons. The average Bonchev–Trinajstić information content (AvgIpc) is 2.73. The Bertz CT molecular complexity index is 619. The molecular formula is C13H19N3O3Si. The van der Waals surface area contributed by atoms with Crippen molar-refractivity contribution < 1.29 is 14.6 Å². The van der Waals surface area contributed by atoms with E-state index >= 15 is 0 Å².